The molecule has 1 saturated heterocycles. The van der Waals surface area contributed by atoms with Crippen molar-refractivity contribution >= 4 is 27.3 Å². The van der Waals surface area contributed by atoms with E-state index in [-0.39, 0.29) is 0 Å². The van der Waals surface area contributed by atoms with Gasteiger partial charge in [0.15, 0.2) is 0 Å². The van der Waals surface area contributed by atoms with Crippen molar-refractivity contribution in [1.82, 2.24) is 4.90 Å². The van der Waals surface area contributed by atoms with E-state index in [1.54, 1.807) is 0 Å². The van der Waals surface area contributed by atoms with Crippen molar-refractivity contribution in [2.24, 2.45) is 11.7 Å². The van der Waals surface area contributed by atoms with Gasteiger partial charge in [-0.15, -0.1) is 11.3 Å². The maximum atomic E-state index is 6.14. The fourth-order valence-corrected chi connectivity index (χ4v) is 3.74. The van der Waals surface area contributed by atoms with Crippen LogP contribution >= 0.6 is 27.3 Å². The van der Waals surface area contributed by atoms with Crippen LogP contribution in [0.2, 0.25) is 0 Å². The average molecular weight is 303 g/mol. The van der Waals surface area contributed by atoms with E-state index < -0.39 is 0 Å². The molecular formula is C12H19BrN2S. The number of piperidine rings is 1. The first kappa shape index (κ1) is 12.6. The Morgan fingerprint density at radius 1 is 1.62 bits per heavy atom. The molecule has 1 aromatic heterocycles. The molecule has 16 heavy (non-hydrogen) atoms. The zero-order valence-corrected chi connectivity index (χ0v) is 12.2. The Morgan fingerprint density at radius 2 is 2.38 bits per heavy atom. The SMILES string of the molecule is CC1CCN(C(C)c2cc(Br)cs2)CC1N. The van der Waals surface area contributed by atoms with E-state index in [1.807, 2.05) is 11.3 Å². The van der Waals surface area contributed by atoms with Gasteiger partial charge in [-0.25, -0.2) is 0 Å². The Morgan fingerprint density at radius 3 is 2.94 bits per heavy atom. The quantitative estimate of drug-likeness (QED) is 0.909. The van der Waals surface area contributed by atoms with E-state index >= 15 is 0 Å². The zero-order chi connectivity index (χ0) is 11.7. The lowest BCUT2D eigenvalue weighted by Gasteiger charge is -2.38. The summed E-state index contributed by atoms with van der Waals surface area (Å²) in [4.78, 5) is 3.93. The minimum absolute atomic E-state index is 0.333. The van der Waals surface area contributed by atoms with Gasteiger partial charge < -0.3 is 5.73 Å². The maximum absolute atomic E-state index is 6.14. The predicted octanol–water partition coefficient (Wildman–Crippen LogP) is 3.24. The molecule has 90 valence electrons. The molecule has 0 saturated carbocycles. The molecule has 1 aliphatic rings. The lowest BCUT2D eigenvalue weighted by molar-refractivity contribution is 0.130. The van der Waals surface area contributed by atoms with Crippen molar-refractivity contribution in [1.29, 1.82) is 0 Å². The Bertz CT molecular complexity index is 353. The number of nitrogens with zero attached hydrogens (tertiary/aromatic N) is 1. The standard InChI is InChI=1S/C12H19BrN2S/c1-8-3-4-15(6-11(8)14)9(2)12-5-10(13)7-16-12/h5,7-9,11H,3-4,6,14H2,1-2H3. The van der Waals surface area contributed by atoms with Crippen LogP contribution in [-0.4, -0.2) is 24.0 Å². The molecule has 3 unspecified atom stereocenters. The Hall–Kier alpha value is 0.1000. The van der Waals surface area contributed by atoms with Gasteiger partial charge in [0.25, 0.3) is 0 Å². The highest BCUT2D eigenvalue weighted by Gasteiger charge is 2.27. The van der Waals surface area contributed by atoms with Crippen molar-refractivity contribution in [3.05, 3.63) is 20.8 Å². The number of rotatable bonds is 2. The van der Waals surface area contributed by atoms with Crippen LogP contribution in [0.1, 0.15) is 31.2 Å². The van der Waals surface area contributed by atoms with Crippen molar-refractivity contribution in [3.8, 4) is 0 Å². The van der Waals surface area contributed by atoms with Gasteiger partial charge in [0.2, 0.25) is 0 Å². The summed E-state index contributed by atoms with van der Waals surface area (Å²) >= 11 is 5.34. The third-order valence-electron chi connectivity index (χ3n) is 3.60. The van der Waals surface area contributed by atoms with E-state index in [0.29, 0.717) is 18.0 Å². The highest BCUT2D eigenvalue weighted by atomic mass is 79.9. The van der Waals surface area contributed by atoms with Crippen LogP contribution in [0.25, 0.3) is 0 Å². The zero-order valence-electron chi connectivity index (χ0n) is 9.82. The third-order valence-corrected chi connectivity index (χ3v) is 5.46. The summed E-state index contributed by atoms with van der Waals surface area (Å²) < 4.78 is 1.19. The van der Waals surface area contributed by atoms with E-state index in [1.165, 1.54) is 22.3 Å². The summed E-state index contributed by atoms with van der Waals surface area (Å²) in [6.45, 7) is 6.73. The summed E-state index contributed by atoms with van der Waals surface area (Å²) in [6, 6.07) is 3.05. The van der Waals surface area contributed by atoms with Crippen molar-refractivity contribution < 1.29 is 0 Å². The topological polar surface area (TPSA) is 29.3 Å². The minimum atomic E-state index is 0.333. The molecule has 2 heterocycles. The van der Waals surface area contributed by atoms with Gasteiger partial charge in [0.05, 0.1) is 0 Å². The van der Waals surface area contributed by atoms with E-state index in [4.69, 9.17) is 5.73 Å². The molecule has 0 spiro atoms. The molecule has 3 atom stereocenters. The fourth-order valence-electron chi connectivity index (χ4n) is 2.20. The molecule has 2 nitrogen and oxygen atoms in total. The van der Waals surface area contributed by atoms with Crippen LogP contribution in [0.5, 0.6) is 0 Å². The van der Waals surface area contributed by atoms with Gasteiger partial charge in [0, 0.05) is 33.4 Å². The lowest BCUT2D eigenvalue weighted by Crippen LogP contribution is -2.48. The Labute approximate surface area is 110 Å². The van der Waals surface area contributed by atoms with Crippen molar-refractivity contribution in [3.63, 3.8) is 0 Å². The van der Waals surface area contributed by atoms with E-state index in [2.05, 4.69) is 46.1 Å². The van der Waals surface area contributed by atoms with Crippen LogP contribution in [0.4, 0.5) is 0 Å². The highest BCUT2D eigenvalue weighted by molar-refractivity contribution is 9.10. The molecule has 4 heteroatoms. The first-order valence-electron chi connectivity index (χ1n) is 5.81. The van der Waals surface area contributed by atoms with Gasteiger partial charge in [0.1, 0.15) is 0 Å². The monoisotopic (exact) mass is 302 g/mol. The smallest absolute Gasteiger partial charge is 0.0414 e. The van der Waals surface area contributed by atoms with Crippen molar-refractivity contribution in [2.45, 2.75) is 32.4 Å². The first-order valence-corrected chi connectivity index (χ1v) is 7.48. The van der Waals surface area contributed by atoms with Gasteiger partial charge in [-0.2, -0.15) is 0 Å². The van der Waals surface area contributed by atoms with Gasteiger partial charge >= 0.3 is 0 Å². The molecule has 2 N–H and O–H groups in total. The molecule has 0 amide bonds. The van der Waals surface area contributed by atoms with Crippen LogP contribution < -0.4 is 5.73 Å². The summed E-state index contributed by atoms with van der Waals surface area (Å²) in [5, 5.41) is 2.15. The van der Waals surface area contributed by atoms with Gasteiger partial charge in [-0.05, 0) is 47.8 Å². The van der Waals surface area contributed by atoms with Crippen LogP contribution in [-0.2, 0) is 0 Å². The molecule has 2 rings (SSSR count). The Kier molecular flexibility index (Phi) is 4.06. The normalized spacial score (nSPS) is 29.2. The Balaban J connectivity index is 2.02. The fraction of sp³-hybridized carbons (Fsp3) is 0.667. The summed E-state index contributed by atoms with van der Waals surface area (Å²) in [5.41, 5.74) is 6.14. The number of halogens is 1. The third kappa shape index (κ3) is 2.67. The number of hydrogen-bond acceptors (Lipinski definition) is 3. The van der Waals surface area contributed by atoms with Crippen LogP contribution in [0, 0.1) is 5.92 Å². The molecular weight excluding hydrogens is 284 g/mol. The van der Waals surface area contributed by atoms with Gasteiger partial charge in [-0.3, -0.25) is 4.90 Å². The predicted molar refractivity (Wildman–Crippen MR) is 73.8 cm³/mol. The molecule has 0 aromatic carbocycles. The maximum Gasteiger partial charge on any atom is 0.0414 e. The van der Waals surface area contributed by atoms with E-state index in [0.717, 1.165) is 6.54 Å². The first-order chi connectivity index (χ1) is 7.58. The highest BCUT2D eigenvalue weighted by Crippen LogP contribution is 2.31. The molecule has 0 aliphatic carbocycles. The number of likely N-dealkylation sites (tertiary alicyclic amines) is 1. The molecule has 0 radical (unpaired) electrons. The minimum Gasteiger partial charge on any atom is -0.326 e. The summed E-state index contributed by atoms with van der Waals surface area (Å²) in [6.07, 6.45) is 1.22. The summed E-state index contributed by atoms with van der Waals surface area (Å²) in [7, 11) is 0. The lowest BCUT2D eigenvalue weighted by atomic mass is 9.93. The average Bonchev–Trinajstić information content (AvgIpc) is 2.68. The second-order valence-corrected chi connectivity index (χ2v) is 6.63. The molecule has 1 aliphatic heterocycles. The van der Waals surface area contributed by atoms with Crippen LogP contribution in [0.15, 0.2) is 15.9 Å². The largest absolute Gasteiger partial charge is 0.326 e. The van der Waals surface area contributed by atoms with Gasteiger partial charge in [-0.1, -0.05) is 6.92 Å². The van der Waals surface area contributed by atoms with Crippen molar-refractivity contribution in [2.75, 3.05) is 13.1 Å². The van der Waals surface area contributed by atoms with E-state index in [9.17, 15) is 0 Å². The molecule has 0 bridgehead atoms. The second-order valence-electron chi connectivity index (χ2n) is 4.77. The molecule has 1 fully saturated rings. The summed E-state index contributed by atoms with van der Waals surface area (Å²) in [5.74, 6) is 0.665. The number of nitrogens with two attached hydrogens (primary N) is 1. The number of hydrogen-bond donors (Lipinski definition) is 1. The molecule has 1 aromatic rings. The van der Waals surface area contributed by atoms with Crippen LogP contribution in [0.3, 0.4) is 0 Å². The number of thiophene rings is 1. The second kappa shape index (κ2) is 5.17.